The zero-order valence-corrected chi connectivity index (χ0v) is 9.58. The Bertz CT molecular complexity index is 505. The van der Waals surface area contributed by atoms with Gasteiger partial charge in [0, 0.05) is 6.04 Å². The van der Waals surface area contributed by atoms with E-state index in [1.54, 1.807) is 6.92 Å². The van der Waals surface area contributed by atoms with Crippen molar-refractivity contribution in [1.29, 1.82) is 0 Å². The van der Waals surface area contributed by atoms with Crippen LogP contribution in [0.3, 0.4) is 0 Å². The highest BCUT2D eigenvalue weighted by Crippen LogP contribution is 2.12. The minimum atomic E-state index is -2.98. The maximum absolute atomic E-state index is 11.6. The molecule has 0 spiro atoms. The Hall–Kier alpha value is -1.37. The van der Waals surface area contributed by atoms with Gasteiger partial charge in [0.1, 0.15) is 5.76 Å². The van der Waals surface area contributed by atoms with E-state index < -0.39 is 15.7 Å². The molecule has 1 saturated heterocycles. The second-order valence-corrected chi connectivity index (χ2v) is 6.08. The molecule has 1 aliphatic rings. The van der Waals surface area contributed by atoms with E-state index >= 15 is 0 Å². The summed E-state index contributed by atoms with van der Waals surface area (Å²) in [4.78, 5) is 15.3. The van der Waals surface area contributed by atoms with E-state index in [0.29, 0.717) is 12.2 Å². The summed E-state index contributed by atoms with van der Waals surface area (Å²) in [6.07, 6.45) is 1.90. The standard InChI is InChI=1S/C9H12N2O4S/c1-6-4-10-9(15-6)8(12)11-7-2-3-16(13,14)5-7/h4,7H,2-3,5H2,1H3,(H,11,12). The van der Waals surface area contributed by atoms with E-state index in [4.69, 9.17) is 4.42 Å². The van der Waals surface area contributed by atoms with Crippen molar-refractivity contribution in [2.75, 3.05) is 11.5 Å². The first-order valence-corrected chi connectivity index (χ1v) is 6.72. The molecule has 1 atom stereocenters. The van der Waals surface area contributed by atoms with Crippen LogP contribution in [0.15, 0.2) is 10.6 Å². The van der Waals surface area contributed by atoms with Crippen LogP contribution in [0.25, 0.3) is 0 Å². The van der Waals surface area contributed by atoms with Crippen LogP contribution >= 0.6 is 0 Å². The summed E-state index contributed by atoms with van der Waals surface area (Å²) in [5, 5.41) is 2.59. The molecule has 0 aliphatic carbocycles. The van der Waals surface area contributed by atoms with Crippen molar-refractivity contribution in [3.63, 3.8) is 0 Å². The summed E-state index contributed by atoms with van der Waals surface area (Å²) in [5.74, 6) is 0.183. The van der Waals surface area contributed by atoms with Crippen molar-refractivity contribution in [2.45, 2.75) is 19.4 Å². The molecule has 88 valence electrons. The van der Waals surface area contributed by atoms with Gasteiger partial charge in [-0.25, -0.2) is 13.4 Å². The van der Waals surface area contributed by atoms with Crippen LogP contribution in [-0.4, -0.2) is 36.9 Å². The lowest BCUT2D eigenvalue weighted by Crippen LogP contribution is -2.35. The molecule has 0 bridgehead atoms. The van der Waals surface area contributed by atoms with E-state index in [9.17, 15) is 13.2 Å². The first-order chi connectivity index (χ1) is 7.46. The molecule has 0 saturated carbocycles. The monoisotopic (exact) mass is 244 g/mol. The minimum absolute atomic E-state index is 0.00156. The molecule has 0 radical (unpaired) electrons. The average molecular weight is 244 g/mol. The number of nitrogens with zero attached hydrogens (tertiary/aromatic N) is 1. The summed E-state index contributed by atoms with van der Waals surface area (Å²) in [7, 11) is -2.98. The number of nitrogens with one attached hydrogen (secondary N) is 1. The number of aryl methyl sites for hydroxylation is 1. The van der Waals surface area contributed by atoms with Gasteiger partial charge in [0.2, 0.25) is 0 Å². The first-order valence-electron chi connectivity index (χ1n) is 4.90. The Kier molecular flexibility index (Phi) is 2.71. The zero-order chi connectivity index (χ0) is 11.8. The maximum Gasteiger partial charge on any atom is 0.307 e. The van der Waals surface area contributed by atoms with E-state index in [-0.39, 0.29) is 23.4 Å². The fraction of sp³-hybridized carbons (Fsp3) is 0.556. The summed E-state index contributed by atoms with van der Waals surface area (Å²) in [5.41, 5.74) is 0. The predicted molar refractivity (Wildman–Crippen MR) is 55.8 cm³/mol. The Morgan fingerprint density at radius 2 is 2.38 bits per heavy atom. The van der Waals surface area contributed by atoms with Gasteiger partial charge in [-0.15, -0.1) is 0 Å². The van der Waals surface area contributed by atoms with Gasteiger partial charge in [-0.3, -0.25) is 4.79 Å². The molecule has 1 fully saturated rings. The van der Waals surface area contributed by atoms with Gasteiger partial charge in [-0.05, 0) is 13.3 Å². The summed E-state index contributed by atoms with van der Waals surface area (Å²) in [6, 6.07) is -0.329. The van der Waals surface area contributed by atoms with Crippen LogP contribution in [0.2, 0.25) is 0 Å². The van der Waals surface area contributed by atoms with E-state index in [2.05, 4.69) is 10.3 Å². The van der Waals surface area contributed by atoms with Gasteiger partial charge in [-0.2, -0.15) is 0 Å². The zero-order valence-electron chi connectivity index (χ0n) is 8.76. The Labute approximate surface area is 93.0 Å². The summed E-state index contributed by atoms with van der Waals surface area (Å²) < 4.78 is 27.4. The van der Waals surface area contributed by atoms with E-state index in [1.807, 2.05) is 0 Å². The molecule has 1 amide bonds. The van der Waals surface area contributed by atoms with Gasteiger partial charge in [0.05, 0.1) is 17.7 Å². The topological polar surface area (TPSA) is 89.3 Å². The second-order valence-electron chi connectivity index (χ2n) is 3.85. The summed E-state index contributed by atoms with van der Waals surface area (Å²) in [6.45, 7) is 1.68. The number of sulfone groups is 1. The molecular formula is C9H12N2O4S. The van der Waals surface area contributed by atoms with Crippen molar-refractivity contribution in [3.8, 4) is 0 Å². The Morgan fingerprint density at radius 1 is 1.62 bits per heavy atom. The largest absolute Gasteiger partial charge is 0.438 e. The number of carbonyl (C=O) groups is 1. The minimum Gasteiger partial charge on any atom is -0.438 e. The van der Waals surface area contributed by atoms with Gasteiger partial charge >= 0.3 is 5.91 Å². The fourth-order valence-corrected chi connectivity index (χ4v) is 3.29. The van der Waals surface area contributed by atoms with Crippen molar-refractivity contribution in [3.05, 3.63) is 17.8 Å². The Balaban J connectivity index is 1.99. The molecular weight excluding hydrogens is 232 g/mol. The number of aromatic nitrogens is 1. The molecule has 1 aromatic heterocycles. The van der Waals surface area contributed by atoms with Crippen molar-refractivity contribution in [1.82, 2.24) is 10.3 Å². The first kappa shape index (κ1) is 11.1. The number of oxazole rings is 1. The summed E-state index contributed by atoms with van der Waals surface area (Å²) >= 11 is 0. The molecule has 16 heavy (non-hydrogen) atoms. The highest BCUT2D eigenvalue weighted by atomic mass is 32.2. The lowest BCUT2D eigenvalue weighted by Gasteiger charge is -2.07. The number of carbonyl (C=O) groups excluding carboxylic acids is 1. The molecule has 1 unspecified atom stereocenters. The number of hydrogen-bond donors (Lipinski definition) is 1. The van der Waals surface area contributed by atoms with Gasteiger partial charge in [0.25, 0.3) is 5.89 Å². The maximum atomic E-state index is 11.6. The van der Waals surface area contributed by atoms with Crippen LogP contribution in [0.4, 0.5) is 0 Å². The smallest absolute Gasteiger partial charge is 0.307 e. The highest BCUT2D eigenvalue weighted by molar-refractivity contribution is 7.91. The van der Waals surface area contributed by atoms with Crippen LogP contribution in [-0.2, 0) is 9.84 Å². The third-order valence-electron chi connectivity index (χ3n) is 2.38. The molecule has 7 heteroatoms. The third kappa shape index (κ3) is 2.41. The normalized spacial score (nSPS) is 23.2. The fourth-order valence-electron chi connectivity index (χ4n) is 1.62. The van der Waals surface area contributed by atoms with E-state index in [1.165, 1.54) is 6.20 Å². The number of rotatable bonds is 2. The van der Waals surface area contributed by atoms with Crippen molar-refractivity contribution >= 4 is 15.7 Å². The molecule has 2 heterocycles. The Morgan fingerprint density at radius 3 is 2.88 bits per heavy atom. The molecule has 1 N–H and O–H groups in total. The number of hydrogen-bond acceptors (Lipinski definition) is 5. The molecule has 1 aromatic rings. The lowest BCUT2D eigenvalue weighted by molar-refractivity contribution is 0.0905. The highest BCUT2D eigenvalue weighted by Gasteiger charge is 2.29. The van der Waals surface area contributed by atoms with Crippen LogP contribution in [0.5, 0.6) is 0 Å². The SMILES string of the molecule is Cc1cnc(C(=O)NC2CCS(=O)(=O)C2)o1. The van der Waals surface area contributed by atoms with Crippen LogP contribution in [0.1, 0.15) is 22.9 Å². The molecule has 1 aliphatic heterocycles. The lowest BCUT2D eigenvalue weighted by atomic mass is 10.2. The van der Waals surface area contributed by atoms with E-state index in [0.717, 1.165) is 0 Å². The molecule has 0 aromatic carbocycles. The average Bonchev–Trinajstić information content (AvgIpc) is 2.73. The number of amides is 1. The second kappa shape index (κ2) is 3.89. The van der Waals surface area contributed by atoms with Crippen molar-refractivity contribution < 1.29 is 17.6 Å². The van der Waals surface area contributed by atoms with Crippen LogP contribution in [0, 0.1) is 6.92 Å². The van der Waals surface area contributed by atoms with Gasteiger partial charge in [0.15, 0.2) is 9.84 Å². The van der Waals surface area contributed by atoms with Gasteiger partial charge < -0.3 is 9.73 Å². The molecule has 6 nitrogen and oxygen atoms in total. The van der Waals surface area contributed by atoms with Crippen molar-refractivity contribution in [2.24, 2.45) is 0 Å². The molecule has 2 rings (SSSR count). The third-order valence-corrected chi connectivity index (χ3v) is 4.15. The van der Waals surface area contributed by atoms with Crippen LogP contribution < -0.4 is 5.32 Å². The quantitative estimate of drug-likeness (QED) is 0.784. The van der Waals surface area contributed by atoms with Gasteiger partial charge in [-0.1, -0.05) is 0 Å². The predicted octanol–water partition coefficient (Wildman–Crippen LogP) is -0.100.